The summed E-state index contributed by atoms with van der Waals surface area (Å²) in [5.74, 6) is -0.564. The Hall–Kier alpha value is -0.620. The van der Waals surface area contributed by atoms with Crippen molar-refractivity contribution >= 4 is 15.7 Å². The Morgan fingerprint density at radius 3 is 2.47 bits per heavy atom. The quantitative estimate of drug-likeness (QED) is 0.723. The molecular weight excluding hydrogens is 242 g/mol. The topological polar surface area (TPSA) is 83.5 Å². The second-order valence-corrected chi connectivity index (χ2v) is 7.30. The fourth-order valence-corrected chi connectivity index (χ4v) is 4.32. The molecule has 3 unspecified atom stereocenters. The van der Waals surface area contributed by atoms with Crippen LogP contribution in [-0.2, 0) is 14.6 Å². The molecule has 0 aromatic heterocycles. The molecule has 3 atom stereocenters. The number of carbonyl (C=O) groups is 1. The molecule has 6 heteroatoms. The lowest BCUT2D eigenvalue weighted by molar-refractivity contribution is -0.126. The molecule has 5 nitrogen and oxygen atoms in total. The van der Waals surface area contributed by atoms with E-state index in [0.717, 1.165) is 19.3 Å². The van der Waals surface area contributed by atoms with Gasteiger partial charge in [0.1, 0.15) is 0 Å². The van der Waals surface area contributed by atoms with Crippen LogP contribution in [0.15, 0.2) is 0 Å². The van der Waals surface area contributed by atoms with Crippen molar-refractivity contribution in [2.45, 2.75) is 44.2 Å². The second-order valence-electron chi connectivity index (χ2n) is 5.07. The van der Waals surface area contributed by atoms with Crippen molar-refractivity contribution in [1.82, 2.24) is 5.32 Å². The lowest BCUT2D eigenvalue weighted by Gasteiger charge is -2.29. The number of aliphatic hydroxyl groups is 1. The van der Waals surface area contributed by atoms with Crippen LogP contribution in [0.2, 0.25) is 0 Å². The Bertz CT molecular complexity index is 392. The number of carbonyl (C=O) groups excluding carboxylic acids is 1. The van der Waals surface area contributed by atoms with Crippen LogP contribution in [0.3, 0.4) is 0 Å². The van der Waals surface area contributed by atoms with E-state index in [0.29, 0.717) is 12.8 Å². The van der Waals surface area contributed by atoms with Crippen LogP contribution >= 0.6 is 0 Å². The SMILES string of the molecule is O=C(NC1CCCCC1O)C1CCS(=O)(=O)C1. The third kappa shape index (κ3) is 3.19. The molecule has 1 aliphatic carbocycles. The first-order chi connectivity index (χ1) is 7.98. The van der Waals surface area contributed by atoms with E-state index in [-0.39, 0.29) is 23.5 Å². The summed E-state index contributed by atoms with van der Waals surface area (Å²) >= 11 is 0. The standard InChI is InChI=1S/C11H19NO4S/c13-10-4-2-1-3-9(10)12-11(14)8-5-6-17(15,16)7-8/h8-10,13H,1-7H2,(H,12,14). The van der Waals surface area contributed by atoms with Crippen molar-refractivity contribution in [2.75, 3.05) is 11.5 Å². The Kier molecular flexibility index (Phi) is 3.73. The Balaban J connectivity index is 1.89. The van der Waals surface area contributed by atoms with Crippen LogP contribution in [0, 0.1) is 5.92 Å². The monoisotopic (exact) mass is 261 g/mol. The first-order valence-corrected chi connectivity index (χ1v) is 7.99. The van der Waals surface area contributed by atoms with Crippen LogP contribution in [0.1, 0.15) is 32.1 Å². The molecule has 2 fully saturated rings. The van der Waals surface area contributed by atoms with Crippen molar-refractivity contribution < 1.29 is 18.3 Å². The molecule has 0 spiro atoms. The minimum absolute atomic E-state index is 0.0400. The average Bonchev–Trinajstić information content (AvgIpc) is 2.62. The zero-order chi connectivity index (χ0) is 12.5. The maximum absolute atomic E-state index is 11.9. The van der Waals surface area contributed by atoms with Gasteiger partial charge in [0.15, 0.2) is 9.84 Å². The van der Waals surface area contributed by atoms with E-state index in [9.17, 15) is 18.3 Å². The molecule has 0 aromatic rings. The second kappa shape index (κ2) is 4.94. The molecule has 17 heavy (non-hydrogen) atoms. The van der Waals surface area contributed by atoms with E-state index in [2.05, 4.69) is 5.32 Å². The largest absolute Gasteiger partial charge is 0.391 e. The number of nitrogens with one attached hydrogen (secondary N) is 1. The summed E-state index contributed by atoms with van der Waals surface area (Å²) in [5.41, 5.74) is 0. The summed E-state index contributed by atoms with van der Waals surface area (Å²) in [5, 5.41) is 12.5. The number of amides is 1. The number of sulfone groups is 1. The number of aliphatic hydroxyl groups excluding tert-OH is 1. The van der Waals surface area contributed by atoms with Crippen LogP contribution in [0.4, 0.5) is 0 Å². The predicted octanol–water partition coefficient (Wildman–Crippen LogP) is -0.159. The molecule has 2 rings (SSSR count). The highest BCUT2D eigenvalue weighted by molar-refractivity contribution is 7.91. The van der Waals surface area contributed by atoms with Gasteiger partial charge in [-0.25, -0.2) is 8.42 Å². The lowest BCUT2D eigenvalue weighted by atomic mass is 9.92. The predicted molar refractivity (Wildman–Crippen MR) is 63.2 cm³/mol. The molecule has 1 saturated heterocycles. The van der Waals surface area contributed by atoms with E-state index in [4.69, 9.17) is 0 Å². The molecule has 2 N–H and O–H groups in total. The molecule has 1 heterocycles. The van der Waals surface area contributed by atoms with Gasteiger partial charge in [-0.2, -0.15) is 0 Å². The van der Waals surface area contributed by atoms with Gasteiger partial charge in [0, 0.05) is 0 Å². The minimum Gasteiger partial charge on any atom is -0.391 e. The maximum Gasteiger partial charge on any atom is 0.224 e. The average molecular weight is 261 g/mol. The molecule has 1 saturated carbocycles. The summed E-state index contributed by atoms with van der Waals surface area (Å²) in [7, 11) is -3.02. The highest BCUT2D eigenvalue weighted by Crippen LogP contribution is 2.22. The molecule has 1 aliphatic heterocycles. The van der Waals surface area contributed by atoms with Crippen molar-refractivity contribution in [3.05, 3.63) is 0 Å². The van der Waals surface area contributed by atoms with Crippen LogP contribution in [-0.4, -0.2) is 43.1 Å². The van der Waals surface area contributed by atoms with Gasteiger partial charge < -0.3 is 10.4 Å². The summed E-state index contributed by atoms with van der Waals surface area (Å²) in [6.07, 6.45) is 3.43. The zero-order valence-corrected chi connectivity index (χ0v) is 10.6. The lowest BCUT2D eigenvalue weighted by Crippen LogP contribution is -2.47. The Morgan fingerprint density at radius 1 is 1.18 bits per heavy atom. The highest BCUT2D eigenvalue weighted by Gasteiger charge is 2.35. The molecule has 0 radical (unpaired) electrons. The third-order valence-corrected chi connectivity index (χ3v) is 5.43. The third-order valence-electron chi connectivity index (χ3n) is 3.66. The fraction of sp³-hybridized carbons (Fsp3) is 0.909. The fourth-order valence-electron chi connectivity index (χ4n) is 2.58. The van der Waals surface area contributed by atoms with Gasteiger partial charge in [0.2, 0.25) is 5.91 Å². The van der Waals surface area contributed by atoms with E-state index < -0.39 is 21.9 Å². The van der Waals surface area contributed by atoms with Crippen LogP contribution < -0.4 is 5.32 Å². The number of hydrogen-bond donors (Lipinski definition) is 2. The van der Waals surface area contributed by atoms with Gasteiger partial charge in [-0.1, -0.05) is 12.8 Å². The van der Waals surface area contributed by atoms with Gasteiger partial charge in [-0.15, -0.1) is 0 Å². The molecule has 1 amide bonds. The van der Waals surface area contributed by atoms with Crippen LogP contribution in [0.5, 0.6) is 0 Å². The van der Waals surface area contributed by atoms with Gasteiger partial charge in [0.25, 0.3) is 0 Å². The van der Waals surface area contributed by atoms with Crippen molar-refractivity contribution in [2.24, 2.45) is 5.92 Å². The molecule has 0 bridgehead atoms. The summed E-state index contributed by atoms with van der Waals surface area (Å²) in [6, 6.07) is -0.195. The minimum atomic E-state index is -3.02. The van der Waals surface area contributed by atoms with E-state index in [1.54, 1.807) is 0 Å². The maximum atomic E-state index is 11.9. The summed E-state index contributed by atoms with van der Waals surface area (Å²) in [4.78, 5) is 11.9. The Labute approximate surface area is 102 Å². The Morgan fingerprint density at radius 2 is 1.88 bits per heavy atom. The van der Waals surface area contributed by atoms with Crippen LogP contribution in [0.25, 0.3) is 0 Å². The summed E-state index contributed by atoms with van der Waals surface area (Å²) in [6.45, 7) is 0. The normalized spacial score (nSPS) is 36.6. The molecule has 2 aliphatic rings. The van der Waals surface area contributed by atoms with Crippen molar-refractivity contribution in [3.8, 4) is 0 Å². The first kappa shape index (κ1) is 12.8. The van der Waals surface area contributed by atoms with Crippen molar-refractivity contribution in [1.29, 1.82) is 0 Å². The summed E-state index contributed by atoms with van der Waals surface area (Å²) < 4.78 is 22.5. The van der Waals surface area contributed by atoms with Crippen molar-refractivity contribution in [3.63, 3.8) is 0 Å². The van der Waals surface area contributed by atoms with Gasteiger partial charge in [-0.05, 0) is 19.3 Å². The van der Waals surface area contributed by atoms with E-state index in [1.807, 2.05) is 0 Å². The number of rotatable bonds is 2. The van der Waals surface area contributed by atoms with Gasteiger partial charge >= 0.3 is 0 Å². The van der Waals surface area contributed by atoms with Gasteiger partial charge in [-0.3, -0.25) is 4.79 Å². The van der Waals surface area contributed by atoms with E-state index in [1.165, 1.54) is 0 Å². The van der Waals surface area contributed by atoms with E-state index >= 15 is 0 Å². The highest BCUT2D eigenvalue weighted by atomic mass is 32.2. The molecular formula is C11H19NO4S. The zero-order valence-electron chi connectivity index (χ0n) is 9.76. The number of hydrogen-bond acceptors (Lipinski definition) is 4. The smallest absolute Gasteiger partial charge is 0.224 e. The molecule has 98 valence electrons. The first-order valence-electron chi connectivity index (χ1n) is 6.17. The van der Waals surface area contributed by atoms with Gasteiger partial charge in [0.05, 0.1) is 29.6 Å². The molecule has 0 aromatic carbocycles.